The van der Waals surface area contributed by atoms with Crippen LogP contribution in [0.3, 0.4) is 0 Å². The van der Waals surface area contributed by atoms with Gasteiger partial charge in [-0.05, 0) is 17.7 Å². The monoisotopic (exact) mass is 265 g/mol. The molecule has 0 unspecified atom stereocenters. The number of halogens is 2. The first-order valence-electron chi connectivity index (χ1n) is 4.08. The Hall–Kier alpha value is -0.420. The van der Waals surface area contributed by atoms with E-state index in [4.69, 9.17) is 28.4 Å². The molecule has 0 heterocycles. The second-order valence-electron chi connectivity index (χ2n) is 2.76. The zero-order chi connectivity index (χ0) is 11.3. The highest BCUT2D eigenvalue weighted by Crippen LogP contribution is 2.24. The molecule has 0 aliphatic rings. The van der Waals surface area contributed by atoms with Crippen LogP contribution in [0.2, 0.25) is 10.0 Å². The zero-order valence-electron chi connectivity index (χ0n) is 7.67. The third kappa shape index (κ3) is 4.30. The number of amides is 1. The number of thioether (sulfide) groups is 1. The normalized spacial score (nSPS) is 10.1. The van der Waals surface area contributed by atoms with Crippen LogP contribution in [0, 0.1) is 0 Å². The third-order valence-electron chi connectivity index (χ3n) is 1.63. The summed E-state index contributed by atoms with van der Waals surface area (Å²) in [6.07, 6.45) is 0. The molecule has 0 fully saturated rings. The summed E-state index contributed by atoms with van der Waals surface area (Å²) in [6.45, 7) is 0. The van der Waals surface area contributed by atoms with Gasteiger partial charge in [0.25, 0.3) is 5.91 Å². The van der Waals surface area contributed by atoms with E-state index in [1.165, 1.54) is 11.8 Å². The van der Waals surface area contributed by atoms with Crippen molar-refractivity contribution in [2.45, 2.75) is 5.75 Å². The third-order valence-corrected chi connectivity index (χ3v) is 3.20. The Balaban J connectivity index is 2.47. The molecule has 0 saturated heterocycles. The Labute approximate surface area is 102 Å². The summed E-state index contributed by atoms with van der Waals surface area (Å²) < 4.78 is 0. The van der Waals surface area contributed by atoms with Crippen molar-refractivity contribution in [3.8, 4) is 0 Å². The van der Waals surface area contributed by atoms with E-state index in [9.17, 15) is 4.79 Å². The topological polar surface area (TPSA) is 49.3 Å². The van der Waals surface area contributed by atoms with Gasteiger partial charge in [-0.1, -0.05) is 29.3 Å². The van der Waals surface area contributed by atoms with Gasteiger partial charge in [-0.15, -0.1) is 11.8 Å². The smallest absolute Gasteiger partial charge is 0.253 e. The second kappa shape index (κ2) is 6.23. The van der Waals surface area contributed by atoms with Crippen molar-refractivity contribution in [1.82, 2.24) is 5.48 Å². The van der Waals surface area contributed by atoms with Crippen LogP contribution in [0.4, 0.5) is 0 Å². The van der Waals surface area contributed by atoms with Gasteiger partial charge in [-0.3, -0.25) is 10.0 Å². The van der Waals surface area contributed by atoms with Crippen LogP contribution >= 0.6 is 35.0 Å². The molecule has 1 aromatic rings. The van der Waals surface area contributed by atoms with Gasteiger partial charge in [0.2, 0.25) is 0 Å². The van der Waals surface area contributed by atoms with Gasteiger partial charge in [0.05, 0.1) is 5.75 Å². The van der Waals surface area contributed by atoms with E-state index < -0.39 is 5.91 Å². The Morgan fingerprint density at radius 2 is 2.20 bits per heavy atom. The number of hydrogen-bond acceptors (Lipinski definition) is 3. The fourth-order valence-electron chi connectivity index (χ4n) is 0.925. The summed E-state index contributed by atoms with van der Waals surface area (Å²) in [4.78, 5) is 10.7. The lowest BCUT2D eigenvalue weighted by Gasteiger charge is -2.03. The summed E-state index contributed by atoms with van der Waals surface area (Å²) in [5.41, 5.74) is 2.47. The van der Waals surface area contributed by atoms with Gasteiger partial charge >= 0.3 is 0 Å². The molecule has 0 spiro atoms. The van der Waals surface area contributed by atoms with Crippen molar-refractivity contribution in [3.05, 3.63) is 33.8 Å². The highest BCUT2D eigenvalue weighted by molar-refractivity contribution is 7.99. The fourth-order valence-corrected chi connectivity index (χ4v) is 2.30. The number of nitrogens with one attached hydrogen (secondary N) is 1. The van der Waals surface area contributed by atoms with Crippen LogP contribution in [0.5, 0.6) is 0 Å². The Bertz CT molecular complexity index is 360. The molecule has 2 N–H and O–H groups in total. The average Bonchev–Trinajstić information content (AvgIpc) is 2.21. The highest BCUT2D eigenvalue weighted by atomic mass is 35.5. The molecule has 1 aromatic carbocycles. The van der Waals surface area contributed by atoms with Crippen molar-refractivity contribution in [3.63, 3.8) is 0 Å². The van der Waals surface area contributed by atoms with E-state index in [-0.39, 0.29) is 5.75 Å². The molecule has 0 aromatic heterocycles. The molecule has 0 radical (unpaired) electrons. The van der Waals surface area contributed by atoms with Crippen molar-refractivity contribution in [1.29, 1.82) is 0 Å². The predicted molar refractivity (Wildman–Crippen MR) is 62.6 cm³/mol. The molecule has 0 atom stereocenters. The van der Waals surface area contributed by atoms with Gasteiger partial charge in [0.15, 0.2) is 0 Å². The number of rotatable bonds is 4. The number of carbonyl (C=O) groups excluding carboxylic acids is 1. The molecule has 3 nitrogen and oxygen atoms in total. The van der Waals surface area contributed by atoms with Crippen LogP contribution in [0.1, 0.15) is 5.56 Å². The highest BCUT2D eigenvalue weighted by Gasteiger charge is 2.03. The van der Waals surface area contributed by atoms with Crippen LogP contribution in [-0.4, -0.2) is 16.9 Å². The van der Waals surface area contributed by atoms with E-state index in [2.05, 4.69) is 0 Å². The quantitative estimate of drug-likeness (QED) is 0.650. The van der Waals surface area contributed by atoms with Crippen LogP contribution in [0.15, 0.2) is 18.2 Å². The fraction of sp³-hybridized carbons (Fsp3) is 0.222. The first-order valence-corrected chi connectivity index (χ1v) is 5.99. The van der Waals surface area contributed by atoms with Crippen LogP contribution in [0.25, 0.3) is 0 Å². The molecule has 1 amide bonds. The van der Waals surface area contributed by atoms with Gasteiger partial charge in [0.1, 0.15) is 0 Å². The van der Waals surface area contributed by atoms with Gasteiger partial charge < -0.3 is 0 Å². The van der Waals surface area contributed by atoms with E-state index >= 15 is 0 Å². The molecule has 6 heteroatoms. The molecule has 82 valence electrons. The Morgan fingerprint density at radius 3 is 2.80 bits per heavy atom. The van der Waals surface area contributed by atoms with E-state index in [1.807, 2.05) is 6.07 Å². The van der Waals surface area contributed by atoms with Crippen molar-refractivity contribution in [2.75, 3.05) is 5.75 Å². The zero-order valence-corrected chi connectivity index (χ0v) is 9.99. The number of hydrogen-bond donors (Lipinski definition) is 2. The average molecular weight is 266 g/mol. The molecule has 1 rings (SSSR count). The molecular formula is C9H9Cl2NO2S. The van der Waals surface area contributed by atoms with Gasteiger partial charge in [-0.2, -0.15) is 0 Å². The minimum atomic E-state index is -0.426. The van der Waals surface area contributed by atoms with Crippen molar-refractivity contribution < 1.29 is 10.0 Å². The van der Waals surface area contributed by atoms with Crippen molar-refractivity contribution >= 4 is 40.9 Å². The van der Waals surface area contributed by atoms with Crippen LogP contribution < -0.4 is 5.48 Å². The maximum absolute atomic E-state index is 10.7. The van der Waals surface area contributed by atoms with Crippen molar-refractivity contribution in [2.24, 2.45) is 0 Å². The molecule has 0 bridgehead atoms. The first-order chi connectivity index (χ1) is 7.13. The molecule has 0 saturated carbocycles. The summed E-state index contributed by atoms with van der Waals surface area (Å²) in [5.74, 6) is 0.365. The Kier molecular flexibility index (Phi) is 5.25. The minimum Gasteiger partial charge on any atom is -0.289 e. The lowest BCUT2D eigenvalue weighted by Crippen LogP contribution is -2.20. The number of benzene rings is 1. The predicted octanol–water partition coefficient (Wildman–Crippen LogP) is 2.73. The molecular weight excluding hydrogens is 257 g/mol. The molecule has 0 aliphatic carbocycles. The summed E-state index contributed by atoms with van der Waals surface area (Å²) in [5, 5.41) is 9.43. The molecule has 0 aliphatic heterocycles. The van der Waals surface area contributed by atoms with Crippen LogP contribution in [-0.2, 0) is 10.5 Å². The lowest BCUT2D eigenvalue weighted by molar-refractivity contribution is -0.126. The second-order valence-corrected chi connectivity index (χ2v) is 4.59. The van der Waals surface area contributed by atoms with E-state index in [1.54, 1.807) is 17.6 Å². The largest absolute Gasteiger partial charge is 0.289 e. The SMILES string of the molecule is O=C(CSCc1ccc(Cl)cc1Cl)NO. The number of hydroxylamine groups is 1. The van der Waals surface area contributed by atoms with E-state index in [0.29, 0.717) is 15.8 Å². The lowest BCUT2D eigenvalue weighted by atomic mass is 10.2. The summed E-state index contributed by atoms with van der Waals surface area (Å²) >= 11 is 13.0. The van der Waals surface area contributed by atoms with Gasteiger partial charge in [-0.25, -0.2) is 5.48 Å². The Morgan fingerprint density at radius 1 is 1.47 bits per heavy atom. The van der Waals surface area contributed by atoms with Gasteiger partial charge in [0, 0.05) is 15.8 Å². The maximum Gasteiger partial charge on any atom is 0.253 e. The standard InChI is InChI=1S/C9H9Cl2NO2S/c10-7-2-1-6(8(11)3-7)4-15-5-9(13)12-14/h1-3,14H,4-5H2,(H,12,13). The minimum absolute atomic E-state index is 0.190. The summed E-state index contributed by atoms with van der Waals surface area (Å²) in [6, 6.07) is 5.22. The molecule has 15 heavy (non-hydrogen) atoms. The first kappa shape index (κ1) is 12.6. The number of carbonyl (C=O) groups is 1. The maximum atomic E-state index is 10.7. The summed E-state index contributed by atoms with van der Waals surface area (Å²) in [7, 11) is 0. The van der Waals surface area contributed by atoms with E-state index in [0.717, 1.165) is 5.56 Å².